The minimum Gasteiger partial charge on any atom is -0.463 e. The van der Waals surface area contributed by atoms with Crippen molar-refractivity contribution in [3.05, 3.63) is 72.3 Å². The highest BCUT2D eigenvalue weighted by molar-refractivity contribution is 5.92. The number of carbonyl (C=O) groups is 5. The van der Waals surface area contributed by atoms with Crippen LogP contribution in [0.25, 0.3) is 0 Å². The first-order valence-corrected chi connectivity index (χ1v) is 13.4. The molecule has 4 atom stereocenters. The lowest BCUT2D eigenvalue weighted by atomic mass is 10.1. The first-order chi connectivity index (χ1) is 20.7. The molecule has 4 rings (SSSR count). The summed E-state index contributed by atoms with van der Waals surface area (Å²) < 4.78 is 42.2. The summed E-state index contributed by atoms with van der Waals surface area (Å²) in [5, 5.41) is 0. The number of hydrogen-bond donors (Lipinski definition) is 0. The van der Waals surface area contributed by atoms with E-state index in [0.29, 0.717) is 12.8 Å². The van der Waals surface area contributed by atoms with Crippen LogP contribution in [0.1, 0.15) is 40.5 Å². The fourth-order valence-electron chi connectivity index (χ4n) is 4.25. The predicted octanol–water partition coefficient (Wildman–Crippen LogP) is 3.19. The first-order valence-electron chi connectivity index (χ1n) is 13.4. The van der Waals surface area contributed by atoms with E-state index in [0.717, 1.165) is 6.08 Å². The molecule has 13 nitrogen and oxygen atoms in total. The van der Waals surface area contributed by atoms with E-state index in [1.165, 1.54) is 55.5 Å². The quantitative estimate of drug-likeness (QED) is 0.0876. The van der Waals surface area contributed by atoms with Crippen molar-refractivity contribution < 1.29 is 61.9 Å². The molecule has 2 aromatic carbocycles. The Bertz CT molecular complexity index is 1320. The molecule has 2 aliphatic rings. The third kappa shape index (κ3) is 8.87. The molecule has 2 saturated heterocycles. The minimum absolute atomic E-state index is 0.0772. The predicted molar refractivity (Wildman–Crippen MR) is 144 cm³/mol. The zero-order chi connectivity index (χ0) is 30.8. The molecule has 1 unspecified atom stereocenters. The van der Waals surface area contributed by atoms with Crippen LogP contribution < -0.4 is 9.47 Å². The van der Waals surface area contributed by atoms with Gasteiger partial charge in [0.05, 0.1) is 37.6 Å². The highest BCUT2D eigenvalue weighted by Gasteiger charge is 2.51. The van der Waals surface area contributed by atoms with Gasteiger partial charge >= 0.3 is 30.0 Å². The summed E-state index contributed by atoms with van der Waals surface area (Å²) in [5.74, 6) is -1.90. The average molecular weight is 599 g/mol. The van der Waals surface area contributed by atoms with Gasteiger partial charge in [0, 0.05) is 13.0 Å². The van der Waals surface area contributed by atoms with Crippen molar-refractivity contribution in [2.24, 2.45) is 0 Å². The van der Waals surface area contributed by atoms with Crippen molar-refractivity contribution in [2.45, 2.75) is 44.2 Å². The molecule has 0 bridgehead atoms. The van der Waals surface area contributed by atoms with E-state index in [1.807, 2.05) is 0 Å². The van der Waals surface area contributed by atoms with Crippen molar-refractivity contribution in [1.29, 1.82) is 0 Å². The number of fused-ring (bicyclic) bond motifs is 1. The topological polar surface area (TPSA) is 159 Å². The van der Waals surface area contributed by atoms with Gasteiger partial charge in [-0.1, -0.05) is 6.58 Å². The lowest BCUT2D eigenvalue weighted by Crippen LogP contribution is -2.35. The van der Waals surface area contributed by atoms with Gasteiger partial charge < -0.3 is 37.9 Å². The van der Waals surface area contributed by atoms with Crippen LogP contribution in [0, 0.1) is 0 Å². The number of hydrogen-bond acceptors (Lipinski definition) is 13. The van der Waals surface area contributed by atoms with Gasteiger partial charge in [0.15, 0.2) is 12.2 Å². The first kappa shape index (κ1) is 31.2. The van der Waals surface area contributed by atoms with Gasteiger partial charge in [-0.2, -0.15) is 0 Å². The van der Waals surface area contributed by atoms with E-state index in [2.05, 4.69) is 6.58 Å². The maximum atomic E-state index is 12.7. The number of carbonyl (C=O) groups excluding carboxylic acids is 5. The minimum atomic E-state index is -0.917. The van der Waals surface area contributed by atoms with Crippen LogP contribution >= 0.6 is 0 Å². The zero-order valence-electron chi connectivity index (χ0n) is 23.3. The van der Waals surface area contributed by atoms with Crippen molar-refractivity contribution in [1.82, 2.24) is 0 Å². The largest absolute Gasteiger partial charge is 0.513 e. The average Bonchev–Trinajstić information content (AvgIpc) is 3.58. The monoisotopic (exact) mass is 598 g/mol. The fourth-order valence-corrected chi connectivity index (χ4v) is 4.25. The summed E-state index contributed by atoms with van der Waals surface area (Å²) in [4.78, 5) is 59.2. The summed E-state index contributed by atoms with van der Waals surface area (Å²) in [6.07, 6.45) is -1.13. The van der Waals surface area contributed by atoms with Crippen molar-refractivity contribution >= 4 is 30.0 Å². The van der Waals surface area contributed by atoms with Gasteiger partial charge in [-0.25, -0.2) is 19.2 Å². The highest BCUT2D eigenvalue weighted by atomic mass is 16.7. The Morgan fingerprint density at radius 3 is 1.81 bits per heavy atom. The number of esters is 4. The van der Waals surface area contributed by atoms with E-state index in [-0.39, 0.29) is 49.1 Å². The summed E-state index contributed by atoms with van der Waals surface area (Å²) in [7, 11) is 0. The maximum absolute atomic E-state index is 12.7. The van der Waals surface area contributed by atoms with Gasteiger partial charge in [-0.3, -0.25) is 4.79 Å². The standard InChI is InChI=1S/C30H30O13/c1-3-25(32)36-14-4-5-15-37-30(35)42-22-12-8-19(9-13-22)28(33)41-21-10-6-20(7-11-21)29(34)43-24-17-39-26-23(40-18(2)31)16-38-27(24)26/h3,6-13,23-24,26-27H,1,4-5,14-17H2,2H3/t23-,24?,26+,27+/m1/s1. The summed E-state index contributed by atoms with van der Waals surface area (Å²) in [6, 6.07) is 11.4. The Hall–Kier alpha value is -4.75. The molecule has 0 amide bonds. The molecule has 0 spiro atoms. The molecule has 0 N–H and O–H groups in total. The van der Waals surface area contributed by atoms with Crippen molar-refractivity contribution in [3.8, 4) is 11.5 Å². The normalized spacial score (nSPS) is 20.3. The van der Waals surface area contributed by atoms with Gasteiger partial charge in [0.2, 0.25) is 0 Å². The number of ether oxygens (including phenoxy) is 8. The van der Waals surface area contributed by atoms with Gasteiger partial charge in [-0.05, 0) is 61.4 Å². The Labute approximate surface area is 246 Å². The number of rotatable bonds is 12. The lowest BCUT2D eigenvalue weighted by molar-refractivity contribution is -0.151. The molecule has 0 radical (unpaired) electrons. The Kier molecular flexibility index (Phi) is 10.8. The molecule has 2 aromatic rings. The Morgan fingerprint density at radius 2 is 1.26 bits per heavy atom. The van der Waals surface area contributed by atoms with Gasteiger partial charge in [0.25, 0.3) is 0 Å². The highest BCUT2D eigenvalue weighted by Crippen LogP contribution is 2.31. The summed E-state index contributed by atoms with van der Waals surface area (Å²) >= 11 is 0. The SMILES string of the molecule is C=CC(=O)OCCCCOC(=O)Oc1ccc(C(=O)Oc2ccc(C(=O)OC3CO[C@H]4[C@H](OC(C)=O)CO[C@@H]34)cc2)cc1. The third-order valence-electron chi connectivity index (χ3n) is 6.30. The Morgan fingerprint density at radius 1 is 0.744 bits per heavy atom. The molecule has 2 aliphatic heterocycles. The zero-order valence-corrected chi connectivity index (χ0v) is 23.3. The molecule has 0 aliphatic carbocycles. The molecule has 2 fully saturated rings. The number of unbranched alkanes of at least 4 members (excludes halogenated alkanes) is 1. The fraction of sp³-hybridized carbons (Fsp3) is 0.367. The van der Waals surface area contributed by atoms with Crippen molar-refractivity contribution in [2.75, 3.05) is 26.4 Å². The van der Waals surface area contributed by atoms with Crippen LogP contribution in [0.3, 0.4) is 0 Å². The van der Waals surface area contributed by atoms with E-state index in [4.69, 9.17) is 37.9 Å². The van der Waals surface area contributed by atoms with E-state index < -0.39 is 54.4 Å². The second-order valence-corrected chi connectivity index (χ2v) is 9.41. The Balaban J connectivity index is 1.19. The summed E-state index contributed by atoms with van der Waals surface area (Å²) in [6.45, 7) is 5.12. The molecule has 43 heavy (non-hydrogen) atoms. The smallest absolute Gasteiger partial charge is 0.463 e. The molecule has 2 heterocycles. The van der Waals surface area contributed by atoms with Crippen LogP contribution in [0.5, 0.6) is 11.5 Å². The molecule has 13 heteroatoms. The summed E-state index contributed by atoms with van der Waals surface area (Å²) in [5.41, 5.74) is 0.417. The van der Waals surface area contributed by atoms with Gasteiger partial charge in [0.1, 0.15) is 23.7 Å². The van der Waals surface area contributed by atoms with Gasteiger partial charge in [-0.15, -0.1) is 0 Å². The molecule has 0 saturated carbocycles. The van der Waals surface area contributed by atoms with E-state index >= 15 is 0 Å². The molecular formula is C30H30O13. The van der Waals surface area contributed by atoms with Crippen LogP contribution in [-0.2, 0) is 38.0 Å². The third-order valence-corrected chi connectivity index (χ3v) is 6.30. The molecular weight excluding hydrogens is 568 g/mol. The van der Waals surface area contributed by atoms with Crippen LogP contribution in [0.4, 0.5) is 4.79 Å². The van der Waals surface area contributed by atoms with Crippen LogP contribution in [-0.4, -0.2) is 80.9 Å². The van der Waals surface area contributed by atoms with Crippen LogP contribution in [0.2, 0.25) is 0 Å². The van der Waals surface area contributed by atoms with E-state index in [9.17, 15) is 24.0 Å². The lowest BCUT2D eigenvalue weighted by Gasteiger charge is -2.17. The van der Waals surface area contributed by atoms with E-state index in [1.54, 1.807) is 0 Å². The molecule has 228 valence electrons. The second kappa shape index (κ2) is 14.9. The molecule has 0 aromatic heterocycles. The second-order valence-electron chi connectivity index (χ2n) is 9.41. The van der Waals surface area contributed by atoms with Crippen molar-refractivity contribution in [3.63, 3.8) is 0 Å². The van der Waals surface area contributed by atoms with Crippen LogP contribution in [0.15, 0.2) is 61.2 Å². The maximum Gasteiger partial charge on any atom is 0.513 e. The number of benzene rings is 2.